The van der Waals surface area contributed by atoms with E-state index >= 15 is 0 Å². The first-order valence-electron chi connectivity index (χ1n) is 15.6. The van der Waals surface area contributed by atoms with Gasteiger partial charge in [-0.3, -0.25) is 4.79 Å². The van der Waals surface area contributed by atoms with Crippen LogP contribution in [0.4, 0.5) is 35.3 Å². The van der Waals surface area contributed by atoms with E-state index in [0.29, 0.717) is 42.9 Å². The van der Waals surface area contributed by atoms with Gasteiger partial charge in [0.2, 0.25) is 5.95 Å². The maximum atomic E-state index is 14.2. The van der Waals surface area contributed by atoms with Crippen LogP contribution in [0.2, 0.25) is 0 Å². The Morgan fingerprint density at radius 3 is 2.48 bits per heavy atom. The lowest BCUT2D eigenvalue weighted by molar-refractivity contribution is -0.137. The van der Waals surface area contributed by atoms with Crippen LogP contribution in [0.15, 0.2) is 35.4 Å². The minimum absolute atomic E-state index is 0.0172. The zero-order valence-electron chi connectivity index (χ0n) is 27.2. The molecule has 1 aromatic carbocycles. The number of nitrogens with zero attached hydrogens (tertiary/aromatic N) is 5. The second-order valence-corrected chi connectivity index (χ2v) is 16.6. The molecule has 0 radical (unpaired) electrons. The number of benzene rings is 1. The van der Waals surface area contributed by atoms with Gasteiger partial charge in [0.15, 0.2) is 9.84 Å². The zero-order valence-corrected chi connectivity index (χ0v) is 28.9. The van der Waals surface area contributed by atoms with Crippen molar-refractivity contribution in [3.8, 4) is 10.6 Å². The van der Waals surface area contributed by atoms with Crippen LogP contribution in [0.3, 0.4) is 0 Å². The number of carbonyl (C=O) groups excluding carboxylic acids is 2. The molecule has 1 atom stereocenters. The fourth-order valence-electron chi connectivity index (χ4n) is 5.85. The van der Waals surface area contributed by atoms with Crippen LogP contribution >= 0.6 is 11.3 Å². The van der Waals surface area contributed by atoms with Crippen molar-refractivity contribution in [1.82, 2.24) is 19.8 Å². The van der Waals surface area contributed by atoms with Gasteiger partial charge in [-0.15, -0.1) is 11.3 Å². The van der Waals surface area contributed by atoms with E-state index in [2.05, 4.69) is 26.3 Å². The lowest BCUT2D eigenvalue weighted by Gasteiger charge is -2.41. The molecule has 3 aliphatic rings. The highest BCUT2D eigenvalue weighted by Gasteiger charge is 2.39. The highest BCUT2D eigenvalue weighted by Crippen LogP contribution is 2.46. The fraction of sp³-hybridized carbons (Fsp3) is 0.500. The van der Waals surface area contributed by atoms with Gasteiger partial charge in [0.05, 0.1) is 21.2 Å². The topological polar surface area (TPSA) is 125 Å². The molecule has 11 nitrogen and oxygen atoms in total. The summed E-state index contributed by atoms with van der Waals surface area (Å²) in [7, 11) is -2.45. The number of carbonyl (C=O) groups is 2. The first-order chi connectivity index (χ1) is 22.4. The SMILES string of the molecule is C[C@@H]1CN(c2ccc(Nc3ncc(C(F)(F)F)c(-c4cc5c(s4)C(=O)N(C)CCS5(=O)=O)n3)c(C3CC3)c2)CCN1C(=O)OC(C)(C)C. The Bertz CT molecular complexity index is 1870. The van der Waals surface area contributed by atoms with Crippen molar-refractivity contribution < 1.29 is 35.9 Å². The van der Waals surface area contributed by atoms with Crippen LogP contribution in [0.25, 0.3) is 10.6 Å². The molecule has 0 spiro atoms. The van der Waals surface area contributed by atoms with Gasteiger partial charge >= 0.3 is 12.3 Å². The Morgan fingerprint density at radius 2 is 1.83 bits per heavy atom. The summed E-state index contributed by atoms with van der Waals surface area (Å²) in [5, 5.41) is 3.10. The number of hydrogen-bond donors (Lipinski definition) is 1. The summed E-state index contributed by atoms with van der Waals surface area (Å²) in [6, 6.07) is 6.85. The predicted molar refractivity (Wildman–Crippen MR) is 176 cm³/mol. The molecule has 16 heteroatoms. The minimum Gasteiger partial charge on any atom is -0.444 e. The van der Waals surface area contributed by atoms with E-state index in [4.69, 9.17) is 4.74 Å². The molecular formula is C32H37F3N6O5S2. The number of piperazine rings is 1. The first kappa shape index (κ1) is 34.0. The third-order valence-corrected chi connectivity index (χ3v) is 11.5. The molecule has 6 rings (SSSR count). The molecule has 4 heterocycles. The average molecular weight is 707 g/mol. The van der Waals surface area contributed by atoms with E-state index in [1.165, 1.54) is 11.9 Å². The summed E-state index contributed by atoms with van der Waals surface area (Å²) in [5.74, 6) is -0.748. The number of anilines is 3. The monoisotopic (exact) mass is 706 g/mol. The van der Waals surface area contributed by atoms with Gasteiger partial charge in [-0.05, 0) is 76.3 Å². The van der Waals surface area contributed by atoms with Crippen molar-refractivity contribution in [3.05, 3.63) is 46.5 Å². The number of sulfone groups is 1. The number of thiophene rings is 1. The third-order valence-electron chi connectivity index (χ3n) is 8.52. The molecule has 2 aromatic heterocycles. The van der Waals surface area contributed by atoms with E-state index in [9.17, 15) is 31.2 Å². The number of alkyl halides is 3. The van der Waals surface area contributed by atoms with Crippen molar-refractivity contribution in [2.45, 2.75) is 69.2 Å². The molecule has 2 amide bonds. The zero-order chi connectivity index (χ0) is 34.8. The maximum absolute atomic E-state index is 14.2. The normalized spacial score (nSPS) is 20.0. The van der Waals surface area contributed by atoms with Crippen molar-refractivity contribution >= 4 is 50.5 Å². The van der Waals surface area contributed by atoms with Crippen LogP contribution in [0.5, 0.6) is 0 Å². The molecule has 1 N–H and O–H groups in total. The molecule has 258 valence electrons. The van der Waals surface area contributed by atoms with Crippen LogP contribution in [-0.4, -0.2) is 90.8 Å². The highest BCUT2D eigenvalue weighted by molar-refractivity contribution is 7.91. The van der Waals surface area contributed by atoms with Crippen LogP contribution < -0.4 is 10.2 Å². The summed E-state index contributed by atoms with van der Waals surface area (Å²) in [6.07, 6.45) is -2.59. The Morgan fingerprint density at radius 1 is 1.10 bits per heavy atom. The van der Waals surface area contributed by atoms with Crippen LogP contribution in [0, 0.1) is 0 Å². The molecule has 3 aromatic rings. The van der Waals surface area contributed by atoms with Gasteiger partial charge in [-0.1, -0.05) is 0 Å². The van der Waals surface area contributed by atoms with Crippen molar-refractivity contribution in [1.29, 1.82) is 0 Å². The standard InChI is InChI=1S/C32H37F3N6O5S2/c1-18-17-40(10-11-41(18)30(43)46-31(2,3)4)20-8-9-23(21(14-20)19-6-7-19)37-29-36-16-22(32(33,34)35)26(38-29)24-15-25-27(47-24)28(42)39(5)12-13-48(25,44)45/h8-9,14-16,18-19H,6-7,10-13,17H2,1-5H3,(H,36,37,38)/t18-/m1/s1. The van der Waals surface area contributed by atoms with Crippen LogP contribution in [0.1, 0.15) is 67.3 Å². The van der Waals surface area contributed by atoms with Crippen molar-refractivity contribution in [2.24, 2.45) is 0 Å². The number of fused-ring (bicyclic) bond motifs is 1. The summed E-state index contributed by atoms with van der Waals surface area (Å²) in [4.78, 5) is 38.5. The van der Waals surface area contributed by atoms with E-state index < -0.39 is 38.8 Å². The predicted octanol–water partition coefficient (Wildman–Crippen LogP) is 6.15. The molecule has 0 unspecified atom stereocenters. The van der Waals surface area contributed by atoms with Gasteiger partial charge in [-0.2, -0.15) is 13.2 Å². The van der Waals surface area contributed by atoms with Gasteiger partial charge in [0, 0.05) is 56.8 Å². The maximum Gasteiger partial charge on any atom is 0.420 e. The molecular weight excluding hydrogens is 670 g/mol. The molecule has 2 aliphatic heterocycles. The average Bonchev–Trinajstić information content (AvgIpc) is 3.75. The number of nitrogens with one attached hydrogen (secondary N) is 1. The summed E-state index contributed by atoms with van der Waals surface area (Å²) < 4.78 is 73.9. The number of halogens is 3. The lowest BCUT2D eigenvalue weighted by atomic mass is 10.1. The summed E-state index contributed by atoms with van der Waals surface area (Å²) in [6.45, 7) is 9.15. The quantitative estimate of drug-likeness (QED) is 0.333. The molecule has 1 aliphatic carbocycles. The second-order valence-electron chi connectivity index (χ2n) is 13.4. The molecule has 0 bridgehead atoms. The second kappa shape index (κ2) is 12.2. The Labute approximate surface area is 281 Å². The van der Waals surface area contributed by atoms with Crippen molar-refractivity contribution in [3.63, 3.8) is 0 Å². The Kier molecular flexibility index (Phi) is 8.63. The van der Waals surface area contributed by atoms with Gasteiger partial charge < -0.3 is 24.8 Å². The Hall–Kier alpha value is -3.92. The Balaban J connectivity index is 1.29. The number of amides is 2. The van der Waals surface area contributed by atoms with Gasteiger partial charge in [0.25, 0.3) is 5.91 Å². The number of aromatic nitrogens is 2. The number of rotatable bonds is 5. The molecule has 1 saturated heterocycles. The van der Waals surface area contributed by atoms with Crippen molar-refractivity contribution in [2.75, 3.05) is 49.2 Å². The lowest BCUT2D eigenvalue weighted by Crippen LogP contribution is -2.55. The smallest absolute Gasteiger partial charge is 0.420 e. The molecule has 1 saturated carbocycles. The van der Waals surface area contributed by atoms with E-state index in [0.717, 1.165) is 30.2 Å². The molecule has 48 heavy (non-hydrogen) atoms. The third kappa shape index (κ3) is 6.95. The number of hydrogen-bond acceptors (Lipinski definition) is 10. The van der Waals surface area contributed by atoms with Gasteiger partial charge in [0.1, 0.15) is 16.0 Å². The van der Waals surface area contributed by atoms with E-state index in [1.807, 2.05) is 39.8 Å². The molecule has 2 fully saturated rings. The summed E-state index contributed by atoms with van der Waals surface area (Å²) >= 11 is 0.675. The largest absolute Gasteiger partial charge is 0.444 e. The highest BCUT2D eigenvalue weighted by atomic mass is 32.2. The van der Waals surface area contributed by atoms with E-state index in [1.54, 1.807) is 4.90 Å². The fourth-order valence-corrected chi connectivity index (χ4v) is 8.88. The summed E-state index contributed by atoms with van der Waals surface area (Å²) in [5.41, 5.74) is 0.344. The van der Waals surface area contributed by atoms with Gasteiger partial charge in [-0.25, -0.2) is 23.2 Å². The van der Waals surface area contributed by atoms with E-state index in [-0.39, 0.29) is 50.9 Å². The minimum atomic E-state index is -4.83. The number of ether oxygens (including phenoxy) is 1. The van der Waals surface area contributed by atoms with Crippen LogP contribution in [-0.2, 0) is 20.8 Å². The first-order valence-corrected chi connectivity index (χ1v) is 18.1.